The van der Waals surface area contributed by atoms with Crippen LogP contribution in [0.25, 0.3) is 0 Å². The van der Waals surface area contributed by atoms with E-state index in [1.54, 1.807) is 0 Å². The van der Waals surface area contributed by atoms with Crippen molar-refractivity contribution < 1.29 is 8.78 Å². The van der Waals surface area contributed by atoms with Gasteiger partial charge in [-0.15, -0.1) is 0 Å². The summed E-state index contributed by atoms with van der Waals surface area (Å²) < 4.78 is 25.2. The summed E-state index contributed by atoms with van der Waals surface area (Å²) in [5.74, 6) is 0.984. The van der Waals surface area contributed by atoms with Gasteiger partial charge in [0.15, 0.2) is 0 Å². The highest BCUT2D eigenvalue weighted by Gasteiger charge is 2.38. The quantitative estimate of drug-likeness (QED) is 0.806. The Morgan fingerprint density at radius 3 is 2.42 bits per heavy atom. The molecule has 2 N–H and O–H groups in total. The Labute approximate surface area is 116 Å². The van der Waals surface area contributed by atoms with E-state index in [-0.39, 0.29) is 12.6 Å². The lowest BCUT2D eigenvalue weighted by molar-refractivity contribution is 0.0175. The molecule has 19 heavy (non-hydrogen) atoms. The summed E-state index contributed by atoms with van der Waals surface area (Å²) >= 11 is 0. The lowest BCUT2D eigenvalue weighted by Gasteiger charge is -2.46. The first-order valence-corrected chi connectivity index (χ1v) is 7.50. The molecular weight excluding hydrogens is 246 g/mol. The molecule has 0 bridgehead atoms. The van der Waals surface area contributed by atoms with Crippen molar-refractivity contribution in [1.82, 2.24) is 4.90 Å². The molecule has 4 heteroatoms. The minimum absolute atomic E-state index is 0.138. The van der Waals surface area contributed by atoms with E-state index < -0.39 is 6.43 Å². The predicted molar refractivity (Wildman–Crippen MR) is 76.4 cm³/mol. The number of hydrogen-bond acceptors (Lipinski definition) is 2. The summed E-state index contributed by atoms with van der Waals surface area (Å²) in [7, 11) is 1.82. The summed E-state index contributed by atoms with van der Waals surface area (Å²) in [6, 6.07) is 0.212. The summed E-state index contributed by atoms with van der Waals surface area (Å²) in [5, 5.41) is 0. The van der Waals surface area contributed by atoms with E-state index >= 15 is 0 Å². The fourth-order valence-corrected chi connectivity index (χ4v) is 3.38. The van der Waals surface area contributed by atoms with Crippen molar-refractivity contribution in [2.45, 2.75) is 58.9 Å². The van der Waals surface area contributed by atoms with Gasteiger partial charge in [0.2, 0.25) is 0 Å². The maximum absolute atomic E-state index is 12.6. The summed E-state index contributed by atoms with van der Waals surface area (Å²) in [6.45, 7) is 7.28. The van der Waals surface area contributed by atoms with Crippen LogP contribution in [0.3, 0.4) is 0 Å². The first kappa shape index (κ1) is 16.8. The van der Waals surface area contributed by atoms with E-state index in [4.69, 9.17) is 5.73 Å². The maximum atomic E-state index is 12.6. The second kappa shape index (κ2) is 6.98. The fourth-order valence-electron chi connectivity index (χ4n) is 3.38. The van der Waals surface area contributed by atoms with Gasteiger partial charge in [-0.25, -0.2) is 8.78 Å². The standard InChI is InChI=1S/C15H30F2N2/c1-5-15(2,3)12-7-6-11(9-18)13(8-12)19(4)10-14(16)17/h11-14H,5-10,18H2,1-4H3. The van der Waals surface area contributed by atoms with Crippen molar-refractivity contribution in [3.05, 3.63) is 0 Å². The molecule has 0 heterocycles. The number of halogens is 2. The Morgan fingerprint density at radius 1 is 1.32 bits per heavy atom. The zero-order valence-corrected chi connectivity index (χ0v) is 12.8. The number of alkyl halides is 2. The summed E-state index contributed by atoms with van der Waals surface area (Å²) in [5.41, 5.74) is 6.13. The zero-order chi connectivity index (χ0) is 14.6. The van der Waals surface area contributed by atoms with Crippen LogP contribution in [-0.4, -0.2) is 37.5 Å². The molecule has 0 amide bonds. The van der Waals surface area contributed by atoms with Gasteiger partial charge in [-0.1, -0.05) is 27.2 Å². The van der Waals surface area contributed by atoms with Crippen molar-refractivity contribution in [3.63, 3.8) is 0 Å². The highest BCUT2D eigenvalue weighted by atomic mass is 19.3. The fraction of sp³-hybridized carbons (Fsp3) is 1.00. The minimum Gasteiger partial charge on any atom is -0.330 e. The molecule has 0 saturated heterocycles. The smallest absolute Gasteiger partial charge is 0.251 e. The molecule has 0 aromatic heterocycles. The second-order valence-corrected chi connectivity index (χ2v) is 6.75. The SMILES string of the molecule is CCC(C)(C)C1CCC(CN)C(N(C)CC(F)F)C1. The van der Waals surface area contributed by atoms with E-state index in [1.165, 1.54) is 6.42 Å². The molecule has 3 unspecified atom stereocenters. The van der Waals surface area contributed by atoms with Gasteiger partial charge in [0, 0.05) is 6.04 Å². The largest absolute Gasteiger partial charge is 0.330 e. The van der Waals surface area contributed by atoms with Crippen LogP contribution in [-0.2, 0) is 0 Å². The second-order valence-electron chi connectivity index (χ2n) is 6.75. The minimum atomic E-state index is -2.26. The molecule has 0 aromatic carbocycles. The first-order chi connectivity index (χ1) is 8.81. The van der Waals surface area contributed by atoms with Crippen LogP contribution in [0.15, 0.2) is 0 Å². The van der Waals surface area contributed by atoms with Gasteiger partial charge in [-0.2, -0.15) is 0 Å². The summed E-state index contributed by atoms with van der Waals surface area (Å²) in [6.07, 6.45) is 2.13. The molecule has 114 valence electrons. The van der Waals surface area contributed by atoms with E-state index in [2.05, 4.69) is 20.8 Å². The maximum Gasteiger partial charge on any atom is 0.251 e. The van der Waals surface area contributed by atoms with Crippen LogP contribution < -0.4 is 5.73 Å². The average molecular weight is 276 g/mol. The van der Waals surface area contributed by atoms with Crippen molar-refractivity contribution in [2.75, 3.05) is 20.1 Å². The number of nitrogens with two attached hydrogens (primary N) is 1. The molecule has 1 aliphatic carbocycles. The van der Waals surface area contributed by atoms with Crippen molar-refractivity contribution in [1.29, 1.82) is 0 Å². The Kier molecular flexibility index (Phi) is 6.18. The van der Waals surface area contributed by atoms with Gasteiger partial charge in [-0.3, -0.25) is 4.90 Å². The van der Waals surface area contributed by atoms with Crippen LogP contribution in [0, 0.1) is 17.3 Å². The first-order valence-electron chi connectivity index (χ1n) is 7.50. The Hall–Kier alpha value is -0.220. The lowest BCUT2D eigenvalue weighted by Crippen LogP contribution is -2.48. The van der Waals surface area contributed by atoms with Crippen LogP contribution in [0.5, 0.6) is 0 Å². The van der Waals surface area contributed by atoms with Gasteiger partial charge in [-0.05, 0) is 50.1 Å². The Morgan fingerprint density at radius 2 is 1.95 bits per heavy atom. The monoisotopic (exact) mass is 276 g/mol. The third kappa shape index (κ3) is 4.38. The van der Waals surface area contributed by atoms with Gasteiger partial charge >= 0.3 is 0 Å². The van der Waals surface area contributed by atoms with E-state index in [1.807, 2.05) is 11.9 Å². The van der Waals surface area contributed by atoms with Crippen LogP contribution >= 0.6 is 0 Å². The van der Waals surface area contributed by atoms with E-state index in [0.29, 0.717) is 23.8 Å². The molecule has 0 aliphatic heterocycles. The van der Waals surface area contributed by atoms with Crippen LogP contribution in [0.2, 0.25) is 0 Å². The molecule has 1 fully saturated rings. The average Bonchev–Trinajstić information content (AvgIpc) is 2.37. The van der Waals surface area contributed by atoms with Crippen molar-refractivity contribution in [2.24, 2.45) is 23.0 Å². The molecule has 0 spiro atoms. The number of hydrogen-bond donors (Lipinski definition) is 1. The molecule has 0 radical (unpaired) electrons. The lowest BCUT2D eigenvalue weighted by atomic mass is 9.65. The van der Waals surface area contributed by atoms with Gasteiger partial charge < -0.3 is 5.73 Å². The molecule has 2 nitrogen and oxygen atoms in total. The van der Waals surface area contributed by atoms with E-state index in [0.717, 1.165) is 19.3 Å². The third-order valence-electron chi connectivity index (χ3n) is 5.27. The number of nitrogens with zero attached hydrogens (tertiary/aromatic N) is 1. The normalized spacial score (nSPS) is 29.2. The highest BCUT2D eigenvalue weighted by Crippen LogP contribution is 2.43. The van der Waals surface area contributed by atoms with Gasteiger partial charge in [0.25, 0.3) is 6.43 Å². The van der Waals surface area contributed by atoms with Gasteiger partial charge in [0.05, 0.1) is 6.54 Å². The molecule has 1 saturated carbocycles. The Balaban J connectivity index is 2.73. The molecule has 1 aliphatic rings. The topological polar surface area (TPSA) is 29.3 Å². The van der Waals surface area contributed by atoms with E-state index in [9.17, 15) is 8.78 Å². The molecule has 1 rings (SSSR count). The molecule has 3 atom stereocenters. The zero-order valence-electron chi connectivity index (χ0n) is 12.8. The number of rotatable bonds is 6. The van der Waals surface area contributed by atoms with Crippen LogP contribution in [0.4, 0.5) is 8.78 Å². The van der Waals surface area contributed by atoms with Crippen molar-refractivity contribution in [3.8, 4) is 0 Å². The summed E-state index contributed by atoms with van der Waals surface area (Å²) in [4.78, 5) is 1.83. The van der Waals surface area contributed by atoms with Crippen molar-refractivity contribution >= 4 is 0 Å². The Bertz CT molecular complexity index is 269. The third-order valence-corrected chi connectivity index (χ3v) is 5.27. The highest BCUT2D eigenvalue weighted by molar-refractivity contribution is 4.91. The van der Waals surface area contributed by atoms with Gasteiger partial charge in [0.1, 0.15) is 0 Å². The molecule has 0 aromatic rings. The molecular formula is C15H30F2N2. The van der Waals surface area contributed by atoms with Crippen LogP contribution in [0.1, 0.15) is 46.5 Å². The predicted octanol–water partition coefficient (Wildman–Crippen LogP) is 3.36.